The van der Waals surface area contributed by atoms with Gasteiger partial charge in [-0.2, -0.15) is 13.2 Å². The molecule has 4 nitrogen and oxygen atoms in total. The molecule has 0 radical (unpaired) electrons. The zero-order chi connectivity index (χ0) is 21.0. The molecule has 2 N–H and O–H groups in total. The number of rotatable bonds is 5. The normalized spacial score (nSPS) is 14.6. The fraction of sp³-hybridized carbons (Fsp3) is 0.333. The Morgan fingerprint density at radius 3 is 2.45 bits per heavy atom. The highest BCUT2D eigenvalue weighted by molar-refractivity contribution is 5.94. The molecule has 29 heavy (non-hydrogen) atoms. The smallest absolute Gasteiger partial charge is 0.348 e. The summed E-state index contributed by atoms with van der Waals surface area (Å²) in [5, 5.41) is 5.36. The minimum atomic E-state index is -4.88. The molecule has 1 aliphatic carbocycles. The van der Waals surface area contributed by atoms with Crippen LogP contribution in [0.1, 0.15) is 47.2 Å². The van der Waals surface area contributed by atoms with Crippen molar-refractivity contribution in [2.24, 2.45) is 5.92 Å². The monoisotopic (exact) mass is 408 g/mol. The molecule has 1 saturated carbocycles. The number of alkyl halides is 3. The molecular formula is C21H20F4N2O2. The van der Waals surface area contributed by atoms with Gasteiger partial charge in [-0.15, -0.1) is 0 Å². The van der Waals surface area contributed by atoms with Crippen LogP contribution >= 0.6 is 0 Å². The van der Waals surface area contributed by atoms with E-state index in [1.54, 1.807) is 24.3 Å². The van der Waals surface area contributed by atoms with Crippen LogP contribution in [0.25, 0.3) is 0 Å². The van der Waals surface area contributed by atoms with Gasteiger partial charge in [0, 0.05) is 23.7 Å². The lowest BCUT2D eigenvalue weighted by atomic mass is 10.1. The van der Waals surface area contributed by atoms with Gasteiger partial charge in [0.1, 0.15) is 5.82 Å². The third-order valence-electron chi connectivity index (χ3n) is 4.91. The average molecular weight is 408 g/mol. The zero-order valence-electron chi connectivity index (χ0n) is 15.5. The van der Waals surface area contributed by atoms with Crippen LogP contribution in [-0.2, 0) is 17.5 Å². The molecule has 154 valence electrons. The second-order valence-corrected chi connectivity index (χ2v) is 7.05. The topological polar surface area (TPSA) is 58.2 Å². The van der Waals surface area contributed by atoms with Gasteiger partial charge < -0.3 is 10.6 Å². The Kier molecular flexibility index (Phi) is 6.20. The number of anilines is 1. The van der Waals surface area contributed by atoms with Gasteiger partial charge in [0.15, 0.2) is 0 Å². The van der Waals surface area contributed by atoms with Crippen LogP contribution in [-0.4, -0.2) is 11.8 Å². The van der Waals surface area contributed by atoms with E-state index in [0.717, 1.165) is 31.7 Å². The molecule has 2 aromatic carbocycles. The second kappa shape index (κ2) is 8.63. The first-order valence-corrected chi connectivity index (χ1v) is 9.29. The molecule has 0 aromatic heterocycles. The van der Waals surface area contributed by atoms with E-state index in [4.69, 9.17) is 0 Å². The van der Waals surface area contributed by atoms with E-state index < -0.39 is 23.5 Å². The zero-order valence-corrected chi connectivity index (χ0v) is 15.5. The van der Waals surface area contributed by atoms with Crippen LogP contribution in [0.2, 0.25) is 0 Å². The van der Waals surface area contributed by atoms with E-state index in [1.165, 1.54) is 0 Å². The summed E-state index contributed by atoms with van der Waals surface area (Å²) < 4.78 is 51.7. The van der Waals surface area contributed by atoms with Gasteiger partial charge in [0.25, 0.3) is 5.91 Å². The summed E-state index contributed by atoms with van der Waals surface area (Å²) in [7, 11) is 0. The van der Waals surface area contributed by atoms with Gasteiger partial charge in [-0.1, -0.05) is 25.0 Å². The molecule has 8 heteroatoms. The van der Waals surface area contributed by atoms with E-state index >= 15 is 0 Å². The van der Waals surface area contributed by atoms with Crippen LogP contribution < -0.4 is 10.6 Å². The van der Waals surface area contributed by atoms with Crippen LogP contribution in [0.4, 0.5) is 23.2 Å². The summed E-state index contributed by atoms with van der Waals surface area (Å²) in [6, 6.07) is 8.97. The molecular weight excluding hydrogens is 388 g/mol. The van der Waals surface area contributed by atoms with E-state index in [-0.39, 0.29) is 23.9 Å². The Morgan fingerprint density at radius 2 is 1.76 bits per heavy atom. The van der Waals surface area contributed by atoms with Crippen LogP contribution in [0.5, 0.6) is 0 Å². The maximum absolute atomic E-state index is 13.4. The number of carbonyl (C=O) groups excluding carboxylic acids is 2. The number of hydrogen-bond donors (Lipinski definition) is 2. The molecule has 0 atom stereocenters. The first-order valence-electron chi connectivity index (χ1n) is 9.29. The minimum Gasteiger partial charge on any atom is -0.348 e. The quantitative estimate of drug-likeness (QED) is 0.691. The fourth-order valence-electron chi connectivity index (χ4n) is 3.36. The third-order valence-corrected chi connectivity index (χ3v) is 4.91. The van der Waals surface area contributed by atoms with Crippen molar-refractivity contribution in [2.45, 2.75) is 38.4 Å². The number of nitrogens with one attached hydrogen (secondary N) is 2. The molecule has 0 bridgehead atoms. The van der Waals surface area contributed by atoms with Crippen molar-refractivity contribution in [3.63, 3.8) is 0 Å². The highest BCUT2D eigenvalue weighted by atomic mass is 19.4. The Hall–Kier alpha value is -2.90. The summed E-state index contributed by atoms with van der Waals surface area (Å²) in [6.07, 6.45) is -1.04. The van der Waals surface area contributed by atoms with Crippen molar-refractivity contribution in [2.75, 3.05) is 5.32 Å². The van der Waals surface area contributed by atoms with Gasteiger partial charge in [-0.3, -0.25) is 9.59 Å². The van der Waals surface area contributed by atoms with Crippen molar-refractivity contribution >= 4 is 17.5 Å². The highest BCUT2D eigenvalue weighted by Crippen LogP contribution is 2.32. The molecule has 2 amide bonds. The van der Waals surface area contributed by atoms with E-state index in [0.29, 0.717) is 23.4 Å². The van der Waals surface area contributed by atoms with Crippen LogP contribution in [0, 0.1) is 11.7 Å². The molecule has 1 aliphatic rings. The van der Waals surface area contributed by atoms with Crippen molar-refractivity contribution in [3.05, 3.63) is 65.0 Å². The molecule has 0 heterocycles. The average Bonchev–Trinajstić information content (AvgIpc) is 3.21. The molecule has 3 rings (SSSR count). The largest absolute Gasteiger partial charge is 0.419 e. The van der Waals surface area contributed by atoms with Gasteiger partial charge in [0.05, 0.1) is 5.56 Å². The van der Waals surface area contributed by atoms with E-state index in [9.17, 15) is 27.2 Å². The van der Waals surface area contributed by atoms with Crippen molar-refractivity contribution in [1.29, 1.82) is 0 Å². The molecule has 2 aromatic rings. The molecule has 0 unspecified atom stereocenters. The summed E-state index contributed by atoms with van der Waals surface area (Å²) in [6.45, 7) is 0.0463. The maximum atomic E-state index is 13.4. The molecule has 0 aliphatic heterocycles. The van der Waals surface area contributed by atoms with E-state index in [1.807, 2.05) is 0 Å². The molecule has 1 fully saturated rings. The molecule has 0 saturated heterocycles. The number of halogens is 4. The second-order valence-electron chi connectivity index (χ2n) is 7.05. The first-order chi connectivity index (χ1) is 13.7. The lowest BCUT2D eigenvalue weighted by Gasteiger charge is -2.12. The number of carbonyl (C=O) groups is 2. The predicted molar refractivity (Wildman–Crippen MR) is 99.6 cm³/mol. The Morgan fingerprint density at radius 1 is 1.03 bits per heavy atom. The Labute approximate surface area is 165 Å². The number of hydrogen-bond acceptors (Lipinski definition) is 2. The summed E-state index contributed by atoms with van der Waals surface area (Å²) in [4.78, 5) is 24.4. The molecule has 0 spiro atoms. The third kappa shape index (κ3) is 5.34. The van der Waals surface area contributed by atoms with E-state index in [2.05, 4.69) is 10.6 Å². The van der Waals surface area contributed by atoms with Crippen molar-refractivity contribution in [1.82, 2.24) is 5.32 Å². The van der Waals surface area contributed by atoms with Crippen LogP contribution in [0.15, 0.2) is 42.5 Å². The number of amides is 2. The lowest BCUT2D eigenvalue weighted by Crippen LogP contribution is -2.24. The SMILES string of the molecule is O=C(NCc1cccc(NC(=O)C2CCCC2)c1)c1ccc(F)c(C(F)(F)F)c1. The standard InChI is InChI=1S/C21H20F4N2O2/c22-18-9-8-15(11-17(18)21(23,24)25)19(28)26-12-13-4-3-7-16(10-13)27-20(29)14-5-1-2-6-14/h3-4,7-11,14H,1-2,5-6,12H2,(H,26,28)(H,27,29). The van der Waals surface area contributed by atoms with Gasteiger partial charge in [-0.25, -0.2) is 4.39 Å². The summed E-state index contributed by atoms with van der Waals surface area (Å²) in [5.74, 6) is -2.20. The van der Waals surface area contributed by atoms with Crippen LogP contribution in [0.3, 0.4) is 0 Å². The first kappa shape index (κ1) is 20.8. The fourth-order valence-corrected chi connectivity index (χ4v) is 3.36. The number of benzene rings is 2. The van der Waals surface area contributed by atoms with Gasteiger partial charge >= 0.3 is 6.18 Å². The Balaban J connectivity index is 1.62. The predicted octanol–water partition coefficient (Wildman–Crippen LogP) is 4.90. The highest BCUT2D eigenvalue weighted by Gasteiger charge is 2.34. The summed E-state index contributed by atoms with van der Waals surface area (Å²) >= 11 is 0. The summed E-state index contributed by atoms with van der Waals surface area (Å²) in [5.41, 5.74) is -0.512. The van der Waals surface area contributed by atoms with Gasteiger partial charge in [0.2, 0.25) is 5.91 Å². The Bertz CT molecular complexity index is 906. The van der Waals surface area contributed by atoms with Crippen molar-refractivity contribution in [3.8, 4) is 0 Å². The maximum Gasteiger partial charge on any atom is 0.419 e. The van der Waals surface area contributed by atoms with Crippen molar-refractivity contribution < 1.29 is 27.2 Å². The minimum absolute atomic E-state index is 0.0136. The lowest BCUT2D eigenvalue weighted by molar-refractivity contribution is -0.140. The van der Waals surface area contributed by atoms with Gasteiger partial charge in [-0.05, 0) is 48.7 Å².